The third kappa shape index (κ3) is 12.1. The van der Waals surface area contributed by atoms with Crippen LogP contribution >= 0.6 is 22.6 Å². The third-order valence-electron chi connectivity index (χ3n) is 5.95. The van der Waals surface area contributed by atoms with Crippen LogP contribution < -0.4 is 27.0 Å². The lowest BCUT2D eigenvalue weighted by molar-refractivity contribution is -0.142. The molecule has 0 saturated carbocycles. The Morgan fingerprint density at radius 3 is 2.07 bits per heavy atom. The van der Waals surface area contributed by atoms with Crippen LogP contribution in [0.1, 0.15) is 31.4 Å². The molecule has 0 fully saturated rings. The molecule has 12 nitrogen and oxygen atoms in total. The molecule has 222 valence electrons. The van der Waals surface area contributed by atoms with E-state index in [2.05, 4.69) is 43.9 Å². The van der Waals surface area contributed by atoms with Crippen LogP contribution in [0.2, 0.25) is 0 Å². The standard InChI is InChI=1S/C28H36IN5O7/c1-16(2)11-23(28(40)41)34-27(39)22(13-18-5-3-4-6-20(18)29)33-25(37)15-31-24(36)14-32-26(38)21(30)12-17-7-9-19(35)10-8-17/h3-10,16,21-23,35H,11-15,30H2,1-2H3,(H,31,36)(H,32,38)(H,33,37)(H,34,39)(H,40,41)/t21-,22-,23-/m0/s1. The van der Waals surface area contributed by atoms with Gasteiger partial charge in [-0.25, -0.2) is 4.79 Å². The normalized spacial score (nSPS) is 13.0. The van der Waals surface area contributed by atoms with Crippen molar-refractivity contribution in [1.29, 1.82) is 0 Å². The molecule has 0 radical (unpaired) electrons. The van der Waals surface area contributed by atoms with Crippen molar-refractivity contribution in [3.8, 4) is 5.75 Å². The van der Waals surface area contributed by atoms with Gasteiger partial charge in [-0.05, 0) is 70.7 Å². The lowest BCUT2D eigenvalue weighted by Crippen LogP contribution is -2.54. The van der Waals surface area contributed by atoms with E-state index in [0.29, 0.717) is 0 Å². The van der Waals surface area contributed by atoms with Crippen molar-refractivity contribution in [2.24, 2.45) is 11.7 Å². The number of halogens is 1. The van der Waals surface area contributed by atoms with E-state index in [1.807, 2.05) is 26.0 Å². The fourth-order valence-electron chi connectivity index (χ4n) is 3.82. The van der Waals surface area contributed by atoms with Crippen LogP contribution in [0.3, 0.4) is 0 Å². The number of benzene rings is 2. The van der Waals surface area contributed by atoms with Crippen molar-refractivity contribution < 1.29 is 34.2 Å². The first-order valence-corrected chi connectivity index (χ1v) is 14.1. The van der Waals surface area contributed by atoms with E-state index < -0.39 is 60.8 Å². The number of phenolic OH excluding ortho intramolecular Hbond substituents is 1. The van der Waals surface area contributed by atoms with E-state index in [4.69, 9.17) is 5.73 Å². The number of carbonyl (C=O) groups excluding carboxylic acids is 4. The molecular weight excluding hydrogens is 645 g/mol. The highest BCUT2D eigenvalue weighted by Gasteiger charge is 2.28. The second kappa shape index (κ2) is 16.5. The first-order valence-electron chi connectivity index (χ1n) is 13.0. The van der Waals surface area contributed by atoms with Crippen molar-refractivity contribution in [3.63, 3.8) is 0 Å². The molecule has 0 aliphatic carbocycles. The Morgan fingerprint density at radius 1 is 0.829 bits per heavy atom. The van der Waals surface area contributed by atoms with Crippen molar-refractivity contribution in [1.82, 2.24) is 21.3 Å². The average Bonchev–Trinajstić information content (AvgIpc) is 2.91. The molecule has 0 aromatic heterocycles. The molecule has 8 N–H and O–H groups in total. The Bertz CT molecular complexity index is 1220. The van der Waals surface area contributed by atoms with Crippen molar-refractivity contribution in [3.05, 3.63) is 63.2 Å². The van der Waals surface area contributed by atoms with Crippen LogP contribution in [0, 0.1) is 9.49 Å². The number of carbonyl (C=O) groups is 5. The molecule has 0 heterocycles. The van der Waals surface area contributed by atoms with Crippen LogP contribution in [-0.4, -0.2) is 71.0 Å². The summed E-state index contributed by atoms with van der Waals surface area (Å²) in [5.74, 6) is -3.62. The Kier molecular flexibility index (Phi) is 13.5. The average molecular weight is 682 g/mol. The van der Waals surface area contributed by atoms with Gasteiger partial charge in [0, 0.05) is 9.99 Å². The Labute approximate surface area is 252 Å². The maximum atomic E-state index is 13.1. The number of rotatable bonds is 15. The van der Waals surface area contributed by atoms with Crippen molar-refractivity contribution >= 4 is 52.2 Å². The van der Waals surface area contributed by atoms with E-state index in [-0.39, 0.29) is 30.9 Å². The molecule has 0 saturated heterocycles. The topological polar surface area (TPSA) is 200 Å². The quantitative estimate of drug-likeness (QED) is 0.131. The van der Waals surface area contributed by atoms with Gasteiger partial charge in [0.25, 0.3) is 0 Å². The molecule has 4 amide bonds. The smallest absolute Gasteiger partial charge is 0.326 e. The van der Waals surface area contributed by atoms with Gasteiger partial charge in [0.05, 0.1) is 19.1 Å². The van der Waals surface area contributed by atoms with Gasteiger partial charge in [-0.15, -0.1) is 0 Å². The summed E-state index contributed by atoms with van der Waals surface area (Å²) in [6, 6.07) is 10.3. The molecule has 0 bridgehead atoms. The lowest BCUT2D eigenvalue weighted by atomic mass is 10.0. The second-order valence-corrected chi connectivity index (χ2v) is 11.1. The number of phenols is 1. The monoisotopic (exact) mass is 681 g/mol. The summed E-state index contributed by atoms with van der Waals surface area (Å²) in [6.45, 7) is 2.78. The summed E-state index contributed by atoms with van der Waals surface area (Å²) in [7, 11) is 0. The van der Waals surface area contributed by atoms with Gasteiger partial charge in [-0.1, -0.05) is 44.2 Å². The number of aliphatic carboxylic acids is 1. The molecule has 2 rings (SSSR count). The summed E-state index contributed by atoms with van der Waals surface area (Å²) in [5.41, 5.74) is 7.39. The second-order valence-electron chi connectivity index (χ2n) is 9.92. The summed E-state index contributed by atoms with van der Waals surface area (Å²) < 4.78 is 0.863. The van der Waals surface area contributed by atoms with Gasteiger partial charge in [0.1, 0.15) is 17.8 Å². The molecule has 0 aliphatic rings. The van der Waals surface area contributed by atoms with E-state index in [9.17, 15) is 34.2 Å². The van der Waals surface area contributed by atoms with Gasteiger partial charge in [-0.2, -0.15) is 0 Å². The van der Waals surface area contributed by atoms with Gasteiger partial charge in [0.2, 0.25) is 23.6 Å². The highest BCUT2D eigenvalue weighted by molar-refractivity contribution is 14.1. The number of hydrogen-bond acceptors (Lipinski definition) is 7. The zero-order valence-electron chi connectivity index (χ0n) is 22.9. The summed E-state index contributed by atoms with van der Waals surface area (Å²) >= 11 is 2.11. The van der Waals surface area contributed by atoms with Crippen molar-refractivity contribution in [2.75, 3.05) is 13.1 Å². The molecule has 2 aromatic rings. The van der Waals surface area contributed by atoms with Crippen LogP contribution in [0.25, 0.3) is 0 Å². The van der Waals surface area contributed by atoms with Gasteiger partial charge in [0.15, 0.2) is 0 Å². The predicted molar refractivity (Wildman–Crippen MR) is 160 cm³/mol. The Balaban J connectivity index is 1.92. The zero-order chi connectivity index (χ0) is 30.5. The maximum absolute atomic E-state index is 13.1. The minimum Gasteiger partial charge on any atom is -0.508 e. The maximum Gasteiger partial charge on any atom is 0.326 e. The fraction of sp³-hybridized carbons (Fsp3) is 0.393. The summed E-state index contributed by atoms with van der Waals surface area (Å²) in [5, 5.41) is 28.7. The molecule has 0 unspecified atom stereocenters. The number of amides is 4. The van der Waals surface area contributed by atoms with E-state index in [1.165, 1.54) is 12.1 Å². The first-order chi connectivity index (χ1) is 19.3. The number of aromatic hydroxyl groups is 1. The summed E-state index contributed by atoms with van der Waals surface area (Å²) in [4.78, 5) is 61.9. The van der Waals surface area contributed by atoms with Gasteiger partial charge < -0.3 is 37.2 Å². The van der Waals surface area contributed by atoms with Crippen molar-refractivity contribution in [2.45, 2.75) is 51.2 Å². The Hall–Kier alpha value is -3.72. The highest BCUT2D eigenvalue weighted by Crippen LogP contribution is 2.14. The van der Waals surface area contributed by atoms with E-state index in [0.717, 1.165) is 14.7 Å². The summed E-state index contributed by atoms with van der Waals surface area (Å²) in [6.07, 6.45) is 0.512. The van der Waals surface area contributed by atoms with Crippen LogP contribution in [0.15, 0.2) is 48.5 Å². The van der Waals surface area contributed by atoms with Gasteiger partial charge in [-0.3, -0.25) is 19.2 Å². The Morgan fingerprint density at radius 2 is 1.46 bits per heavy atom. The minimum atomic E-state index is -1.18. The molecule has 13 heteroatoms. The van der Waals surface area contributed by atoms with Crippen LogP contribution in [-0.2, 0) is 36.8 Å². The molecule has 3 atom stereocenters. The minimum absolute atomic E-state index is 0.0116. The molecule has 0 spiro atoms. The van der Waals surface area contributed by atoms with E-state index >= 15 is 0 Å². The lowest BCUT2D eigenvalue weighted by Gasteiger charge is -2.23. The SMILES string of the molecule is CC(C)C[C@H](NC(=O)[C@H](Cc1ccccc1I)NC(=O)CNC(=O)CNC(=O)[C@@H](N)Cc1ccc(O)cc1)C(=O)O. The highest BCUT2D eigenvalue weighted by atomic mass is 127. The number of nitrogens with one attached hydrogen (secondary N) is 4. The molecule has 41 heavy (non-hydrogen) atoms. The van der Waals surface area contributed by atoms with Crippen LogP contribution in [0.4, 0.5) is 0 Å². The first kappa shape index (κ1) is 33.5. The van der Waals surface area contributed by atoms with Crippen LogP contribution in [0.5, 0.6) is 5.75 Å². The fourth-order valence-corrected chi connectivity index (χ4v) is 4.43. The number of hydrogen-bond donors (Lipinski definition) is 7. The zero-order valence-corrected chi connectivity index (χ0v) is 25.0. The number of carboxylic acids is 1. The number of carboxylic acid groups (broad SMARTS) is 1. The predicted octanol–water partition coefficient (Wildman–Crippen LogP) is 0.442. The number of nitrogens with two attached hydrogens (primary N) is 1. The third-order valence-corrected chi connectivity index (χ3v) is 7.01. The molecular formula is C28H36IN5O7. The largest absolute Gasteiger partial charge is 0.508 e. The van der Waals surface area contributed by atoms with E-state index in [1.54, 1.807) is 24.3 Å². The molecule has 0 aliphatic heterocycles. The molecule has 2 aromatic carbocycles. The van der Waals surface area contributed by atoms with Gasteiger partial charge >= 0.3 is 5.97 Å².